The number of likely N-dealkylation sites (N-methyl/N-ethyl adjacent to an activating group) is 1. The number of carbonyl (C=O) groups excluding carboxylic acids is 2. The van der Waals surface area contributed by atoms with Gasteiger partial charge in [-0.2, -0.15) is 0 Å². The second-order valence-corrected chi connectivity index (χ2v) is 11.5. The van der Waals surface area contributed by atoms with Gasteiger partial charge in [0.15, 0.2) is 0 Å². The van der Waals surface area contributed by atoms with Crippen LogP contribution < -0.4 is 15.4 Å². The summed E-state index contributed by atoms with van der Waals surface area (Å²) in [7, 11) is 2.13. The van der Waals surface area contributed by atoms with Crippen molar-refractivity contribution in [2.24, 2.45) is 11.8 Å². The number of rotatable bonds is 8. The van der Waals surface area contributed by atoms with Gasteiger partial charge in [0.05, 0.1) is 24.8 Å². The van der Waals surface area contributed by atoms with Crippen LogP contribution in [-0.4, -0.2) is 72.3 Å². The molecule has 40 heavy (non-hydrogen) atoms. The van der Waals surface area contributed by atoms with Crippen LogP contribution in [0.25, 0.3) is 10.8 Å². The van der Waals surface area contributed by atoms with E-state index >= 15 is 0 Å². The highest BCUT2D eigenvalue weighted by Gasteiger charge is 2.32. The van der Waals surface area contributed by atoms with E-state index in [1.165, 1.54) is 12.8 Å². The van der Waals surface area contributed by atoms with Crippen LogP contribution in [0.2, 0.25) is 0 Å². The number of hydrogen-bond donors (Lipinski definition) is 3. The standard InChI is InChI=1S/C32H40N4O4/c1-21-17-36(22(2)20-37)31(38)16-25-15-26(13-14-29(25)40-30(21)19-35(3)18-23-11-12-23)33-32(39)34-28-10-6-8-24-7-4-5-9-27(24)28/h4-10,13-15,21-23,30,37H,11-12,16-20H2,1-3H3,(H2,33,34,39)/t21-,22+,30+/m1/s1. The van der Waals surface area contributed by atoms with E-state index in [0.717, 1.165) is 35.5 Å². The summed E-state index contributed by atoms with van der Waals surface area (Å²) in [4.78, 5) is 30.5. The Morgan fingerprint density at radius 1 is 1.10 bits per heavy atom. The molecular formula is C32H40N4O4. The average molecular weight is 545 g/mol. The van der Waals surface area contributed by atoms with E-state index in [1.54, 1.807) is 4.90 Å². The molecule has 3 aromatic rings. The van der Waals surface area contributed by atoms with E-state index in [-0.39, 0.29) is 43.0 Å². The Morgan fingerprint density at radius 3 is 2.65 bits per heavy atom. The number of hydrogen-bond acceptors (Lipinski definition) is 5. The van der Waals surface area contributed by atoms with E-state index < -0.39 is 0 Å². The van der Waals surface area contributed by atoms with Gasteiger partial charge < -0.3 is 30.3 Å². The number of amides is 3. The largest absolute Gasteiger partial charge is 0.488 e. The second-order valence-electron chi connectivity index (χ2n) is 11.5. The number of anilines is 2. The predicted molar refractivity (Wildman–Crippen MR) is 159 cm³/mol. The lowest BCUT2D eigenvalue weighted by molar-refractivity contribution is -0.134. The Balaban J connectivity index is 1.37. The van der Waals surface area contributed by atoms with Gasteiger partial charge in [-0.3, -0.25) is 4.79 Å². The lowest BCUT2D eigenvalue weighted by Crippen LogP contribution is -2.47. The summed E-state index contributed by atoms with van der Waals surface area (Å²) in [6.45, 7) is 6.18. The smallest absolute Gasteiger partial charge is 0.323 e. The molecule has 2 aliphatic rings. The molecule has 3 N–H and O–H groups in total. The number of aliphatic hydroxyl groups is 1. The molecule has 212 valence electrons. The molecule has 0 spiro atoms. The first-order valence-electron chi connectivity index (χ1n) is 14.2. The first kappa shape index (κ1) is 27.9. The normalized spacial score (nSPS) is 20.2. The van der Waals surface area contributed by atoms with Gasteiger partial charge >= 0.3 is 6.03 Å². The summed E-state index contributed by atoms with van der Waals surface area (Å²) in [6, 6.07) is 18.5. The zero-order valence-corrected chi connectivity index (χ0v) is 23.6. The Bertz CT molecular complexity index is 1350. The zero-order chi connectivity index (χ0) is 28.2. The first-order valence-corrected chi connectivity index (χ1v) is 14.2. The second kappa shape index (κ2) is 12.3. The third-order valence-corrected chi connectivity index (χ3v) is 7.97. The van der Waals surface area contributed by atoms with E-state index in [1.807, 2.05) is 67.6 Å². The quantitative estimate of drug-likeness (QED) is 0.372. The predicted octanol–water partition coefficient (Wildman–Crippen LogP) is 4.97. The van der Waals surface area contributed by atoms with Crippen molar-refractivity contribution in [3.05, 3.63) is 66.2 Å². The Hall–Kier alpha value is -3.62. The minimum atomic E-state index is -0.365. The third kappa shape index (κ3) is 6.74. The Kier molecular flexibility index (Phi) is 8.57. The fourth-order valence-corrected chi connectivity index (χ4v) is 5.47. The number of nitrogens with one attached hydrogen (secondary N) is 2. The molecule has 1 aliphatic heterocycles. The highest BCUT2D eigenvalue weighted by atomic mass is 16.5. The molecule has 1 fully saturated rings. The number of nitrogens with zero attached hydrogens (tertiary/aromatic N) is 2. The van der Waals surface area contributed by atoms with E-state index in [2.05, 4.69) is 29.5 Å². The highest BCUT2D eigenvalue weighted by Crippen LogP contribution is 2.32. The van der Waals surface area contributed by atoms with Gasteiger partial charge in [0.2, 0.25) is 5.91 Å². The third-order valence-electron chi connectivity index (χ3n) is 7.97. The Morgan fingerprint density at radius 2 is 1.88 bits per heavy atom. The van der Waals surface area contributed by atoms with Crippen LogP contribution in [-0.2, 0) is 11.2 Å². The molecule has 0 unspecified atom stereocenters. The van der Waals surface area contributed by atoms with Crippen molar-refractivity contribution in [1.82, 2.24) is 9.80 Å². The van der Waals surface area contributed by atoms with Crippen molar-refractivity contribution in [3.8, 4) is 5.75 Å². The fraction of sp³-hybridized carbons (Fsp3) is 0.438. The van der Waals surface area contributed by atoms with E-state index in [4.69, 9.17) is 4.74 Å². The van der Waals surface area contributed by atoms with Crippen molar-refractivity contribution < 1.29 is 19.4 Å². The molecule has 3 amide bonds. The maximum absolute atomic E-state index is 13.5. The zero-order valence-electron chi connectivity index (χ0n) is 23.6. The van der Waals surface area contributed by atoms with Crippen LogP contribution >= 0.6 is 0 Å². The molecule has 5 rings (SSSR count). The summed E-state index contributed by atoms with van der Waals surface area (Å²) in [5, 5.41) is 17.7. The monoisotopic (exact) mass is 544 g/mol. The fourth-order valence-electron chi connectivity index (χ4n) is 5.47. The van der Waals surface area contributed by atoms with Crippen molar-refractivity contribution in [1.29, 1.82) is 0 Å². The SMILES string of the molecule is C[C@@H]1CN([C@@H](C)CO)C(=O)Cc2cc(NC(=O)Nc3cccc4ccccc34)ccc2O[C@H]1CN(C)CC1CC1. The molecule has 8 heteroatoms. The highest BCUT2D eigenvalue weighted by molar-refractivity contribution is 6.06. The van der Waals surface area contributed by atoms with Crippen LogP contribution in [0.1, 0.15) is 32.3 Å². The van der Waals surface area contributed by atoms with Crippen molar-refractivity contribution in [3.63, 3.8) is 0 Å². The molecule has 1 saturated carbocycles. The van der Waals surface area contributed by atoms with Crippen molar-refractivity contribution >= 4 is 34.1 Å². The molecule has 1 aliphatic carbocycles. The number of aliphatic hydroxyl groups excluding tert-OH is 1. The first-order chi connectivity index (χ1) is 19.3. The molecule has 0 bridgehead atoms. The van der Waals surface area contributed by atoms with Gasteiger partial charge in [0.1, 0.15) is 11.9 Å². The summed E-state index contributed by atoms with van der Waals surface area (Å²) in [6.07, 6.45) is 2.57. The molecule has 0 aromatic heterocycles. The minimum Gasteiger partial charge on any atom is -0.488 e. The topological polar surface area (TPSA) is 94.1 Å². The molecular weight excluding hydrogens is 504 g/mol. The van der Waals surface area contributed by atoms with Crippen molar-refractivity contribution in [2.75, 3.05) is 43.9 Å². The molecule has 0 saturated heterocycles. The summed E-state index contributed by atoms with van der Waals surface area (Å²) in [5.41, 5.74) is 2.01. The number of carbonyl (C=O) groups is 2. The Labute approximate surface area is 236 Å². The van der Waals surface area contributed by atoms with Gasteiger partial charge in [-0.15, -0.1) is 0 Å². The van der Waals surface area contributed by atoms with Crippen molar-refractivity contribution in [2.45, 2.75) is 45.3 Å². The van der Waals surface area contributed by atoms with Gasteiger partial charge in [-0.1, -0.05) is 43.3 Å². The minimum absolute atomic E-state index is 0.0647. The van der Waals surface area contributed by atoms with Gasteiger partial charge in [-0.25, -0.2) is 4.79 Å². The van der Waals surface area contributed by atoms with Crippen LogP contribution in [0.5, 0.6) is 5.75 Å². The average Bonchev–Trinajstić information content (AvgIpc) is 3.75. The number of urea groups is 1. The molecule has 0 radical (unpaired) electrons. The molecule has 3 aromatic carbocycles. The van der Waals surface area contributed by atoms with Gasteiger partial charge in [0.25, 0.3) is 0 Å². The van der Waals surface area contributed by atoms with E-state index in [0.29, 0.717) is 23.5 Å². The molecule has 8 nitrogen and oxygen atoms in total. The van der Waals surface area contributed by atoms with Crippen LogP contribution in [0.4, 0.5) is 16.2 Å². The number of fused-ring (bicyclic) bond motifs is 2. The number of ether oxygens (including phenoxy) is 1. The van der Waals surface area contributed by atoms with Crippen LogP contribution in [0, 0.1) is 11.8 Å². The number of benzene rings is 3. The lowest BCUT2D eigenvalue weighted by Gasteiger charge is -2.34. The van der Waals surface area contributed by atoms with E-state index in [9.17, 15) is 14.7 Å². The molecule has 1 heterocycles. The lowest BCUT2D eigenvalue weighted by atomic mass is 10.0. The van der Waals surface area contributed by atoms with Gasteiger partial charge in [-0.05, 0) is 62.4 Å². The maximum Gasteiger partial charge on any atom is 0.323 e. The van der Waals surface area contributed by atoms with Crippen LogP contribution in [0.15, 0.2) is 60.7 Å². The molecule has 3 atom stereocenters. The summed E-state index contributed by atoms with van der Waals surface area (Å²) < 4.78 is 6.60. The summed E-state index contributed by atoms with van der Waals surface area (Å²) >= 11 is 0. The van der Waals surface area contributed by atoms with Gasteiger partial charge in [0, 0.05) is 42.2 Å². The summed E-state index contributed by atoms with van der Waals surface area (Å²) in [5.74, 6) is 1.42. The van der Waals surface area contributed by atoms with Crippen LogP contribution in [0.3, 0.4) is 0 Å². The maximum atomic E-state index is 13.5.